The van der Waals surface area contributed by atoms with E-state index in [0.717, 1.165) is 22.8 Å². The van der Waals surface area contributed by atoms with Crippen LogP contribution in [0.5, 0.6) is 11.5 Å². The maximum Gasteiger partial charge on any atom is 0.127 e. The van der Waals surface area contributed by atoms with E-state index in [1.807, 2.05) is 38.5 Å². The second-order valence-electron chi connectivity index (χ2n) is 4.51. The summed E-state index contributed by atoms with van der Waals surface area (Å²) >= 11 is 0. The highest BCUT2D eigenvalue weighted by Crippen LogP contribution is 2.35. The number of benzene rings is 1. The van der Waals surface area contributed by atoms with Crippen LogP contribution in [0.1, 0.15) is 17.3 Å². The van der Waals surface area contributed by atoms with Crippen molar-refractivity contribution in [2.75, 3.05) is 21.3 Å². The number of ether oxygens (including phenoxy) is 2. The summed E-state index contributed by atoms with van der Waals surface area (Å²) in [7, 11) is 7.09. The van der Waals surface area contributed by atoms with E-state index < -0.39 is 0 Å². The van der Waals surface area contributed by atoms with Crippen LogP contribution in [-0.2, 0) is 13.5 Å². The van der Waals surface area contributed by atoms with Crippen molar-refractivity contribution in [1.29, 1.82) is 0 Å². The van der Waals surface area contributed by atoms with Crippen LogP contribution in [0, 0.1) is 0 Å². The molecular formula is C14H20N4O2. The molecule has 2 aromatic rings. The standard InChI is InChI=1S/C14H20N4O2/c1-15-11(8-10-9-18(2)17-16-10)14-12(19-3)6-5-7-13(14)20-4/h5-7,9,11,15H,8H2,1-4H3. The fraction of sp³-hybridized carbons (Fsp3) is 0.429. The Morgan fingerprint density at radius 3 is 2.35 bits per heavy atom. The Morgan fingerprint density at radius 2 is 1.90 bits per heavy atom. The molecule has 0 radical (unpaired) electrons. The number of aryl methyl sites for hydroxylation is 1. The summed E-state index contributed by atoms with van der Waals surface area (Å²) in [5.41, 5.74) is 1.91. The molecule has 0 aliphatic heterocycles. The van der Waals surface area contributed by atoms with E-state index in [4.69, 9.17) is 9.47 Å². The second kappa shape index (κ2) is 6.38. The highest BCUT2D eigenvalue weighted by atomic mass is 16.5. The lowest BCUT2D eigenvalue weighted by Gasteiger charge is -2.21. The Bertz CT molecular complexity index is 546. The van der Waals surface area contributed by atoms with Crippen molar-refractivity contribution in [3.63, 3.8) is 0 Å². The van der Waals surface area contributed by atoms with Crippen molar-refractivity contribution < 1.29 is 9.47 Å². The number of hydrogen-bond donors (Lipinski definition) is 1. The van der Waals surface area contributed by atoms with Crippen molar-refractivity contribution in [2.45, 2.75) is 12.5 Å². The Labute approximate surface area is 118 Å². The average molecular weight is 276 g/mol. The van der Waals surface area contributed by atoms with Gasteiger partial charge in [0.2, 0.25) is 0 Å². The van der Waals surface area contributed by atoms with Gasteiger partial charge >= 0.3 is 0 Å². The molecular weight excluding hydrogens is 256 g/mol. The molecule has 0 saturated heterocycles. The van der Waals surface area contributed by atoms with Crippen LogP contribution < -0.4 is 14.8 Å². The van der Waals surface area contributed by atoms with Crippen LogP contribution in [0.2, 0.25) is 0 Å². The predicted molar refractivity (Wildman–Crippen MR) is 76.1 cm³/mol. The van der Waals surface area contributed by atoms with Crippen LogP contribution in [0.25, 0.3) is 0 Å². The number of nitrogens with zero attached hydrogens (tertiary/aromatic N) is 3. The zero-order chi connectivity index (χ0) is 14.5. The number of methoxy groups -OCH3 is 2. The molecule has 1 N–H and O–H groups in total. The Balaban J connectivity index is 2.35. The molecule has 0 spiro atoms. The van der Waals surface area contributed by atoms with Gasteiger partial charge in [0.1, 0.15) is 11.5 Å². The van der Waals surface area contributed by atoms with Gasteiger partial charge in [-0.3, -0.25) is 4.68 Å². The lowest BCUT2D eigenvalue weighted by atomic mass is 10.00. The minimum atomic E-state index is 0.0396. The van der Waals surface area contributed by atoms with Gasteiger partial charge in [-0.2, -0.15) is 0 Å². The second-order valence-corrected chi connectivity index (χ2v) is 4.51. The zero-order valence-corrected chi connectivity index (χ0v) is 12.3. The van der Waals surface area contributed by atoms with E-state index in [9.17, 15) is 0 Å². The quantitative estimate of drug-likeness (QED) is 0.862. The third-order valence-electron chi connectivity index (χ3n) is 3.23. The number of rotatable bonds is 6. The van der Waals surface area contributed by atoms with Crippen molar-refractivity contribution in [2.24, 2.45) is 7.05 Å². The molecule has 0 aliphatic rings. The van der Waals surface area contributed by atoms with Gasteiger partial charge in [-0.05, 0) is 19.2 Å². The Morgan fingerprint density at radius 1 is 1.25 bits per heavy atom. The molecule has 6 nitrogen and oxygen atoms in total. The Hall–Kier alpha value is -2.08. The summed E-state index contributed by atoms with van der Waals surface area (Å²) in [4.78, 5) is 0. The Kier molecular flexibility index (Phi) is 4.57. The van der Waals surface area contributed by atoms with E-state index in [1.54, 1.807) is 18.9 Å². The van der Waals surface area contributed by atoms with Gasteiger partial charge in [0.15, 0.2) is 0 Å². The molecule has 0 saturated carbocycles. The largest absolute Gasteiger partial charge is 0.496 e. The molecule has 20 heavy (non-hydrogen) atoms. The number of likely N-dealkylation sites (N-methyl/N-ethyl adjacent to an activating group) is 1. The van der Waals surface area contributed by atoms with Gasteiger partial charge in [0.25, 0.3) is 0 Å². The summed E-state index contributed by atoms with van der Waals surface area (Å²) in [5, 5.41) is 11.4. The van der Waals surface area contributed by atoms with Gasteiger partial charge in [0.05, 0.1) is 25.5 Å². The van der Waals surface area contributed by atoms with Crippen molar-refractivity contribution in [3.05, 3.63) is 35.7 Å². The van der Waals surface area contributed by atoms with Gasteiger partial charge in [-0.15, -0.1) is 5.10 Å². The smallest absolute Gasteiger partial charge is 0.127 e. The molecule has 1 unspecified atom stereocenters. The lowest BCUT2D eigenvalue weighted by Crippen LogP contribution is -2.20. The normalized spacial score (nSPS) is 12.2. The maximum absolute atomic E-state index is 5.45. The van der Waals surface area contributed by atoms with E-state index >= 15 is 0 Å². The molecule has 1 aromatic heterocycles. The predicted octanol–water partition coefficient (Wildman–Crippen LogP) is 1.34. The molecule has 108 valence electrons. The molecule has 1 atom stereocenters. The number of nitrogens with one attached hydrogen (secondary N) is 1. The summed E-state index contributed by atoms with van der Waals surface area (Å²) in [6.45, 7) is 0. The molecule has 0 bridgehead atoms. The number of hydrogen-bond acceptors (Lipinski definition) is 5. The van der Waals surface area contributed by atoms with E-state index in [1.165, 1.54) is 0 Å². The molecule has 2 rings (SSSR count). The molecule has 0 aliphatic carbocycles. The molecule has 0 fully saturated rings. The SMILES string of the molecule is CNC(Cc1cn(C)nn1)c1c(OC)cccc1OC. The van der Waals surface area contributed by atoms with E-state index in [-0.39, 0.29) is 6.04 Å². The third-order valence-corrected chi connectivity index (χ3v) is 3.23. The topological polar surface area (TPSA) is 61.2 Å². The van der Waals surface area contributed by atoms with Crippen molar-refractivity contribution in [3.8, 4) is 11.5 Å². The van der Waals surface area contributed by atoms with E-state index in [2.05, 4.69) is 15.6 Å². The van der Waals surface area contributed by atoms with Crippen molar-refractivity contribution in [1.82, 2.24) is 20.3 Å². The first-order chi connectivity index (χ1) is 9.69. The maximum atomic E-state index is 5.45. The van der Waals surface area contributed by atoms with Crippen LogP contribution in [0.3, 0.4) is 0 Å². The van der Waals surface area contributed by atoms with Crippen LogP contribution in [0.4, 0.5) is 0 Å². The first-order valence-electron chi connectivity index (χ1n) is 6.43. The number of aromatic nitrogens is 3. The summed E-state index contributed by atoms with van der Waals surface area (Å²) in [6.07, 6.45) is 2.62. The van der Waals surface area contributed by atoms with Gasteiger partial charge in [0, 0.05) is 25.7 Å². The average Bonchev–Trinajstić information content (AvgIpc) is 2.89. The van der Waals surface area contributed by atoms with Crippen LogP contribution in [0.15, 0.2) is 24.4 Å². The molecule has 6 heteroatoms. The lowest BCUT2D eigenvalue weighted by molar-refractivity contribution is 0.372. The monoisotopic (exact) mass is 276 g/mol. The van der Waals surface area contributed by atoms with Gasteiger partial charge in [-0.1, -0.05) is 11.3 Å². The van der Waals surface area contributed by atoms with Crippen molar-refractivity contribution >= 4 is 0 Å². The highest BCUT2D eigenvalue weighted by molar-refractivity contribution is 5.47. The van der Waals surface area contributed by atoms with E-state index in [0.29, 0.717) is 6.42 Å². The van der Waals surface area contributed by atoms with Gasteiger partial charge in [-0.25, -0.2) is 0 Å². The minimum absolute atomic E-state index is 0.0396. The van der Waals surface area contributed by atoms with Crippen LogP contribution >= 0.6 is 0 Å². The third kappa shape index (κ3) is 2.91. The molecule has 1 heterocycles. The van der Waals surface area contributed by atoms with Crippen LogP contribution in [-0.4, -0.2) is 36.3 Å². The van der Waals surface area contributed by atoms with Gasteiger partial charge < -0.3 is 14.8 Å². The molecule has 1 aromatic carbocycles. The first-order valence-corrected chi connectivity index (χ1v) is 6.43. The summed E-state index contributed by atoms with van der Waals surface area (Å²) < 4.78 is 12.6. The zero-order valence-electron chi connectivity index (χ0n) is 12.3. The fourth-order valence-corrected chi connectivity index (χ4v) is 2.27. The highest BCUT2D eigenvalue weighted by Gasteiger charge is 2.21. The summed E-state index contributed by atoms with van der Waals surface area (Å²) in [5.74, 6) is 1.60. The minimum Gasteiger partial charge on any atom is -0.496 e. The first kappa shape index (κ1) is 14.3. The molecule has 0 amide bonds. The fourth-order valence-electron chi connectivity index (χ4n) is 2.27. The summed E-state index contributed by atoms with van der Waals surface area (Å²) in [6, 6.07) is 5.81.